The Labute approximate surface area is 271 Å². The van der Waals surface area contributed by atoms with Crippen LogP contribution in [0.25, 0.3) is 0 Å². The summed E-state index contributed by atoms with van der Waals surface area (Å²) < 4.78 is 17.0. The monoisotopic (exact) mass is 643 g/mol. The highest BCUT2D eigenvalue weighted by Crippen LogP contribution is 2.44. The Hall–Kier alpha value is -4.20. The average Bonchev–Trinajstić information content (AvgIpc) is 2.98. The molecule has 1 aromatic carbocycles. The number of allylic oxidation sites excluding steroid dienone is 3. The number of nitrogens with one attached hydrogen (secondary N) is 1. The molecule has 2 bridgehead atoms. The smallest absolute Gasteiger partial charge is 0.405 e. The second-order valence-corrected chi connectivity index (χ2v) is 11.6. The molecule has 0 radical (unpaired) electrons. The Morgan fingerprint density at radius 1 is 1.17 bits per heavy atom. The number of phenols is 2. The molecule has 1 heterocycles. The second-order valence-electron chi connectivity index (χ2n) is 11.6. The SMILES string of the molecule is CO/N=C1/[C@@H](OC)C[C@H](C)Cc2c(O)c(cc(O)c2N=CCN(C)C)NC(=O)/C(C)=C/C=C\[C@H](OC)[C@@H](OC(N)=O)/C(C)=C/[C@@H]1C. The summed E-state index contributed by atoms with van der Waals surface area (Å²) in [6, 6.07) is 1.28. The number of rotatable bonds is 7. The number of ether oxygens (including phenoxy) is 3. The number of hydrogen-bond acceptors (Lipinski definition) is 11. The van der Waals surface area contributed by atoms with Crippen molar-refractivity contribution < 1.29 is 38.9 Å². The third-order valence-electron chi connectivity index (χ3n) is 7.49. The van der Waals surface area contributed by atoms with E-state index in [1.54, 1.807) is 45.4 Å². The molecule has 2 rings (SSSR count). The summed E-state index contributed by atoms with van der Waals surface area (Å²) in [4.78, 5) is 36.6. The molecule has 0 saturated heterocycles. The van der Waals surface area contributed by atoms with Gasteiger partial charge in [0.05, 0.1) is 17.5 Å². The fraction of sp³-hybridized carbons (Fsp3) is 0.515. The molecule has 0 spiro atoms. The third kappa shape index (κ3) is 10.7. The lowest BCUT2D eigenvalue weighted by atomic mass is 9.88. The van der Waals surface area contributed by atoms with Crippen LogP contribution in [0, 0.1) is 11.8 Å². The molecule has 0 aromatic heterocycles. The first-order valence-corrected chi connectivity index (χ1v) is 15.0. The molecule has 0 unspecified atom stereocenters. The van der Waals surface area contributed by atoms with Crippen molar-refractivity contribution in [1.82, 2.24) is 4.90 Å². The number of phenolic OH excluding ortho intramolecular Hbond substituents is 2. The van der Waals surface area contributed by atoms with Crippen molar-refractivity contribution in [2.75, 3.05) is 47.3 Å². The predicted octanol–water partition coefficient (Wildman–Crippen LogP) is 4.46. The quantitative estimate of drug-likeness (QED) is 0.110. The van der Waals surface area contributed by atoms with Crippen LogP contribution >= 0.6 is 0 Å². The van der Waals surface area contributed by atoms with Crippen LogP contribution in [0.3, 0.4) is 0 Å². The van der Waals surface area contributed by atoms with Crippen molar-refractivity contribution in [1.29, 1.82) is 0 Å². The summed E-state index contributed by atoms with van der Waals surface area (Å²) in [6.07, 6.45) is 5.87. The fourth-order valence-electron chi connectivity index (χ4n) is 5.13. The van der Waals surface area contributed by atoms with Crippen LogP contribution in [0.5, 0.6) is 11.5 Å². The first-order valence-electron chi connectivity index (χ1n) is 15.0. The van der Waals surface area contributed by atoms with Crippen LogP contribution in [0.15, 0.2) is 51.7 Å². The van der Waals surface area contributed by atoms with Gasteiger partial charge in [0.1, 0.15) is 30.4 Å². The second kappa shape index (κ2) is 18.1. The van der Waals surface area contributed by atoms with Crippen LogP contribution in [-0.4, -0.2) is 99.3 Å². The molecule has 1 aromatic rings. The van der Waals surface area contributed by atoms with E-state index in [2.05, 4.69) is 15.5 Å². The zero-order valence-electron chi connectivity index (χ0n) is 28.2. The highest BCUT2D eigenvalue weighted by Gasteiger charge is 2.29. The molecule has 0 fully saturated rings. The van der Waals surface area contributed by atoms with Gasteiger partial charge in [0, 0.05) is 50.1 Å². The Morgan fingerprint density at radius 2 is 1.87 bits per heavy atom. The summed E-state index contributed by atoms with van der Waals surface area (Å²) in [7, 11) is 8.25. The van der Waals surface area contributed by atoms with Crippen LogP contribution < -0.4 is 11.1 Å². The van der Waals surface area contributed by atoms with Crippen molar-refractivity contribution >= 4 is 35.3 Å². The molecule has 13 heteroatoms. The summed E-state index contributed by atoms with van der Waals surface area (Å²) in [6.45, 7) is 7.77. The van der Waals surface area contributed by atoms with E-state index >= 15 is 0 Å². The van der Waals surface area contributed by atoms with Gasteiger partial charge in [-0.1, -0.05) is 43.3 Å². The van der Waals surface area contributed by atoms with E-state index in [-0.39, 0.29) is 41.1 Å². The number of amides is 2. The molecule has 5 atom stereocenters. The van der Waals surface area contributed by atoms with Gasteiger partial charge in [-0.05, 0) is 52.3 Å². The maximum atomic E-state index is 13.1. The van der Waals surface area contributed by atoms with Gasteiger partial charge < -0.3 is 45.2 Å². The predicted molar refractivity (Wildman–Crippen MR) is 179 cm³/mol. The Balaban J connectivity index is 2.77. The number of methoxy groups -OCH3 is 2. The number of aliphatic imine (C=N–C) groups is 1. The number of nitrogens with zero attached hydrogens (tertiary/aromatic N) is 3. The summed E-state index contributed by atoms with van der Waals surface area (Å²) in [5.74, 6) is -1.38. The van der Waals surface area contributed by atoms with Crippen LogP contribution in [0.2, 0.25) is 0 Å². The number of hydrogen-bond donors (Lipinski definition) is 4. The number of anilines is 1. The van der Waals surface area contributed by atoms with E-state index in [0.717, 1.165) is 0 Å². The fourth-order valence-corrected chi connectivity index (χ4v) is 5.13. The number of nitrogens with two attached hydrogens (primary N) is 1. The summed E-state index contributed by atoms with van der Waals surface area (Å²) in [5, 5.41) is 29.4. The van der Waals surface area contributed by atoms with Crippen molar-refractivity contribution in [3.05, 3.63) is 47.1 Å². The molecule has 254 valence electrons. The normalized spacial score (nSPS) is 27.5. The van der Waals surface area contributed by atoms with Gasteiger partial charge in [0.15, 0.2) is 6.10 Å². The largest absolute Gasteiger partial charge is 0.506 e. The first kappa shape index (κ1) is 38.0. The zero-order chi connectivity index (χ0) is 34.6. The number of aromatic hydroxyl groups is 2. The van der Waals surface area contributed by atoms with E-state index in [4.69, 9.17) is 24.8 Å². The van der Waals surface area contributed by atoms with Gasteiger partial charge in [-0.15, -0.1) is 0 Å². The molecule has 2 amide bonds. The Morgan fingerprint density at radius 3 is 2.46 bits per heavy atom. The lowest BCUT2D eigenvalue weighted by molar-refractivity contribution is -0.112. The molecular weight excluding hydrogens is 594 g/mol. The molecule has 1 aliphatic rings. The minimum Gasteiger partial charge on any atom is -0.506 e. The average molecular weight is 644 g/mol. The number of carbonyl (C=O) groups excluding carboxylic acids is 2. The maximum Gasteiger partial charge on any atom is 0.405 e. The van der Waals surface area contributed by atoms with Crippen molar-refractivity contribution in [3.63, 3.8) is 0 Å². The van der Waals surface area contributed by atoms with E-state index < -0.39 is 30.3 Å². The standard InChI is InChI=1S/C33H49N5O8/c1-19-15-23-29(35-13-14-38(5)6)25(39)18-24(30(23)40)36-32(41)20(2)11-10-12-26(43-7)31(46-33(34)42)22(4)17-21(3)28(37-45-9)27(16-19)44-8/h10-13,17-19,21,26-27,31,39-40H,14-16H2,1-9H3,(H2,34,42)(H,36,41)/b12-10-,20-11+,22-17+,35-13?,37-28+/t19-,21+,26+,27+,31+/m1/s1. The van der Waals surface area contributed by atoms with E-state index in [1.165, 1.54) is 20.3 Å². The zero-order valence-corrected chi connectivity index (χ0v) is 28.2. The van der Waals surface area contributed by atoms with Gasteiger partial charge in [0.2, 0.25) is 0 Å². The van der Waals surface area contributed by atoms with Gasteiger partial charge in [-0.25, -0.2) is 4.79 Å². The number of carbonyl (C=O) groups is 2. The Bertz CT molecular complexity index is 1370. The minimum atomic E-state index is -0.977. The van der Waals surface area contributed by atoms with E-state index in [0.29, 0.717) is 35.4 Å². The highest BCUT2D eigenvalue weighted by atomic mass is 16.6. The number of fused-ring (bicyclic) bond motifs is 2. The van der Waals surface area contributed by atoms with Crippen LogP contribution in [-0.2, 0) is 30.3 Å². The molecule has 0 aliphatic carbocycles. The van der Waals surface area contributed by atoms with Crippen molar-refractivity contribution in [2.45, 2.75) is 58.8 Å². The third-order valence-corrected chi connectivity index (χ3v) is 7.49. The van der Waals surface area contributed by atoms with Gasteiger partial charge in [-0.3, -0.25) is 9.79 Å². The summed E-state index contributed by atoms with van der Waals surface area (Å²) in [5.41, 5.74) is 7.54. The van der Waals surface area contributed by atoms with Crippen LogP contribution in [0.1, 0.15) is 39.7 Å². The van der Waals surface area contributed by atoms with E-state index in [9.17, 15) is 19.8 Å². The van der Waals surface area contributed by atoms with Crippen LogP contribution in [0.4, 0.5) is 16.2 Å². The number of primary amides is 1. The van der Waals surface area contributed by atoms with Crippen molar-refractivity contribution in [2.24, 2.45) is 27.7 Å². The minimum absolute atomic E-state index is 0.0361. The topological polar surface area (TPSA) is 178 Å². The molecular formula is C33H49N5O8. The number of oxime groups is 1. The first-order chi connectivity index (χ1) is 21.7. The van der Waals surface area contributed by atoms with Gasteiger partial charge in [0.25, 0.3) is 5.91 Å². The van der Waals surface area contributed by atoms with Gasteiger partial charge >= 0.3 is 6.09 Å². The lowest BCUT2D eigenvalue weighted by Gasteiger charge is -2.27. The van der Waals surface area contributed by atoms with Gasteiger partial charge in [-0.2, -0.15) is 0 Å². The number of benzene rings is 1. The molecule has 46 heavy (non-hydrogen) atoms. The highest BCUT2D eigenvalue weighted by molar-refractivity contribution is 6.05. The van der Waals surface area contributed by atoms with E-state index in [1.807, 2.05) is 38.9 Å². The lowest BCUT2D eigenvalue weighted by Crippen LogP contribution is -2.35. The Kier molecular flexibility index (Phi) is 14.9. The molecule has 13 nitrogen and oxygen atoms in total. The van der Waals surface area contributed by atoms with Crippen molar-refractivity contribution in [3.8, 4) is 11.5 Å². The molecule has 1 aliphatic heterocycles. The molecule has 0 saturated carbocycles. The summed E-state index contributed by atoms with van der Waals surface area (Å²) >= 11 is 0. The maximum absolute atomic E-state index is 13.1. The molecule has 5 N–H and O–H groups in total.